The molecular formula is C14H22N2O2S. The van der Waals surface area contributed by atoms with Gasteiger partial charge in [-0.05, 0) is 32.1 Å². The normalized spacial score (nSPS) is 23.3. The molecule has 0 aromatic carbocycles. The van der Waals surface area contributed by atoms with Crippen LogP contribution in [0.5, 0.6) is 0 Å². The monoisotopic (exact) mass is 282 g/mol. The van der Waals surface area contributed by atoms with Crippen molar-refractivity contribution in [2.75, 3.05) is 13.2 Å². The van der Waals surface area contributed by atoms with Crippen LogP contribution in [-0.2, 0) is 0 Å². The van der Waals surface area contributed by atoms with Gasteiger partial charge in [0.2, 0.25) is 0 Å². The third-order valence-corrected chi connectivity index (χ3v) is 4.78. The third-order valence-electron chi connectivity index (χ3n) is 3.86. The Kier molecular flexibility index (Phi) is 4.26. The Morgan fingerprint density at radius 1 is 1.63 bits per heavy atom. The van der Waals surface area contributed by atoms with Crippen molar-refractivity contribution in [1.82, 2.24) is 9.88 Å². The molecule has 1 N–H and O–H groups in total. The maximum absolute atomic E-state index is 12.7. The van der Waals surface area contributed by atoms with Gasteiger partial charge in [-0.15, -0.1) is 11.3 Å². The number of aliphatic hydroxyl groups excluding tert-OH is 1. The van der Waals surface area contributed by atoms with Gasteiger partial charge in [0.15, 0.2) is 0 Å². The van der Waals surface area contributed by atoms with Crippen LogP contribution in [0, 0.1) is 12.8 Å². The molecule has 1 fully saturated rings. The van der Waals surface area contributed by atoms with E-state index in [0.717, 1.165) is 31.5 Å². The van der Waals surface area contributed by atoms with Gasteiger partial charge >= 0.3 is 0 Å². The van der Waals surface area contributed by atoms with Gasteiger partial charge in [0.25, 0.3) is 5.91 Å². The van der Waals surface area contributed by atoms with Gasteiger partial charge < -0.3 is 10.0 Å². The molecule has 0 bridgehead atoms. The Bertz CT molecular complexity index is 458. The first-order chi connectivity index (χ1) is 9.00. The minimum absolute atomic E-state index is 0.0344. The second-order valence-corrected chi connectivity index (χ2v) is 6.66. The van der Waals surface area contributed by atoms with E-state index in [4.69, 9.17) is 0 Å². The van der Waals surface area contributed by atoms with E-state index >= 15 is 0 Å². The number of aliphatic hydroxyl groups is 1. The fourth-order valence-electron chi connectivity index (χ4n) is 3.09. The van der Waals surface area contributed by atoms with Gasteiger partial charge in [-0.2, -0.15) is 0 Å². The second-order valence-electron chi connectivity index (χ2n) is 5.81. The first kappa shape index (κ1) is 14.5. The molecule has 1 aromatic heterocycles. The van der Waals surface area contributed by atoms with E-state index < -0.39 is 0 Å². The highest BCUT2D eigenvalue weighted by molar-refractivity contribution is 7.11. The lowest BCUT2D eigenvalue weighted by Gasteiger charge is -2.38. The highest BCUT2D eigenvalue weighted by atomic mass is 32.1. The van der Waals surface area contributed by atoms with Crippen LogP contribution in [-0.4, -0.2) is 39.6 Å². The summed E-state index contributed by atoms with van der Waals surface area (Å²) in [7, 11) is 0. The maximum atomic E-state index is 12.7. The van der Waals surface area contributed by atoms with Gasteiger partial charge in [0.05, 0.1) is 23.4 Å². The molecule has 1 aliphatic heterocycles. The SMILES string of the molecule is Cc1ncsc1C(=O)N1CCCC1(CO)CC(C)C. The lowest BCUT2D eigenvalue weighted by Crippen LogP contribution is -2.50. The van der Waals surface area contributed by atoms with E-state index in [9.17, 15) is 9.90 Å². The lowest BCUT2D eigenvalue weighted by molar-refractivity contribution is 0.0336. The van der Waals surface area contributed by atoms with E-state index in [-0.39, 0.29) is 18.1 Å². The number of hydrogen-bond donors (Lipinski definition) is 1. The Balaban J connectivity index is 2.27. The van der Waals surface area contributed by atoms with E-state index in [0.29, 0.717) is 10.8 Å². The summed E-state index contributed by atoms with van der Waals surface area (Å²) in [5, 5.41) is 9.85. The summed E-state index contributed by atoms with van der Waals surface area (Å²) in [6.45, 7) is 6.92. The van der Waals surface area contributed by atoms with Crippen molar-refractivity contribution in [1.29, 1.82) is 0 Å². The third kappa shape index (κ3) is 2.67. The van der Waals surface area contributed by atoms with Crippen LogP contribution in [0.2, 0.25) is 0 Å². The number of amides is 1. The highest BCUT2D eigenvalue weighted by Crippen LogP contribution is 2.36. The summed E-state index contributed by atoms with van der Waals surface area (Å²) in [4.78, 5) is 19.4. The largest absolute Gasteiger partial charge is 0.394 e. The number of likely N-dealkylation sites (tertiary alicyclic amines) is 1. The van der Waals surface area contributed by atoms with Crippen molar-refractivity contribution in [3.05, 3.63) is 16.1 Å². The molecule has 1 unspecified atom stereocenters. The number of carbonyl (C=O) groups excluding carboxylic acids is 1. The number of thiazole rings is 1. The van der Waals surface area contributed by atoms with Crippen molar-refractivity contribution in [3.8, 4) is 0 Å². The highest BCUT2D eigenvalue weighted by Gasteiger charge is 2.44. The molecule has 1 aromatic rings. The molecular weight excluding hydrogens is 260 g/mol. The van der Waals surface area contributed by atoms with Crippen molar-refractivity contribution in [3.63, 3.8) is 0 Å². The van der Waals surface area contributed by atoms with Crippen LogP contribution in [0.4, 0.5) is 0 Å². The Morgan fingerprint density at radius 3 is 2.89 bits per heavy atom. The van der Waals surface area contributed by atoms with Crippen LogP contribution in [0.1, 0.15) is 48.5 Å². The molecule has 106 valence electrons. The standard InChI is InChI=1S/C14H22N2O2S/c1-10(2)7-14(8-17)5-4-6-16(14)13(18)12-11(3)15-9-19-12/h9-10,17H,4-8H2,1-3H3. The molecule has 19 heavy (non-hydrogen) atoms. The van der Waals surface area contributed by atoms with Gasteiger partial charge in [0, 0.05) is 6.54 Å². The topological polar surface area (TPSA) is 53.4 Å². The molecule has 0 radical (unpaired) electrons. The molecule has 2 heterocycles. The Hall–Kier alpha value is -0.940. The summed E-state index contributed by atoms with van der Waals surface area (Å²) in [6, 6.07) is 0. The first-order valence-corrected chi connectivity index (χ1v) is 7.71. The van der Waals surface area contributed by atoms with Crippen molar-refractivity contribution in [2.45, 2.75) is 45.6 Å². The molecule has 0 spiro atoms. The molecule has 5 heteroatoms. The maximum Gasteiger partial charge on any atom is 0.266 e. The van der Waals surface area contributed by atoms with Crippen LogP contribution >= 0.6 is 11.3 Å². The minimum atomic E-state index is -0.373. The molecule has 0 aliphatic carbocycles. The van der Waals surface area contributed by atoms with Gasteiger partial charge in [-0.1, -0.05) is 13.8 Å². The second kappa shape index (κ2) is 5.59. The zero-order valence-corrected chi connectivity index (χ0v) is 12.7. The molecule has 1 amide bonds. The quantitative estimate of drug-likeness (QED) is 0.923. The van der Waals surface area contributed by atoms with Crippen LogP contribution in [0.3, 0.4) is 0 Å². The van der Waals surface area contributed by atoms with Crippen LogP contribution < -0.4 is 0 Å². The summed E-state index contributed by atoms with van der Waals surface area (Å²) in [5.74, 6) is 0.496. The Labute approximate surface area is 118 Å². The van der Waals surface area contributed by atoms with E-state index in [1.807, 2.05) is 11.8 Å². The van der Waals surface area contributed by atoms with Gasteiger partial charge in [-0.25, -0.2) is 4.98 Å². The smallest absolute Gasteiger partial charge is 0.266 e. The van der Waals surface area contributed by atoms with Gasteiger partial charge in [0.1, 0.15) is 4.88 Å². The zero-order valence-electron chi connectivity index (χ0n) is 11.8. The summed E-state index contributed by atoms with van der Waals surface area (Å²) >= 11 is 1.39. The van der Waals surface area contributed by atoms with Gasteiger partial charge in [-0.3, -0.25) is 4.79 Å². The van der Waals surface area contributed by atoms with Crippen LogP contribution in [0.15, 0.2) is 5.51 Å². The molecule has 1 atom stereocenters. The predicted octanol–water partition coefficient (Wildman–Crippen LogP) is 2.46. The average molecular weight is 282 g/mol. The lowest BCUT2D eigenvalue weighted by atomic mass is 9.87. The fourth-order valence-corrected chi connectivity index (χ4v) is 3.84. The number of nitrogens with zero attached hydrogens (tertiary/aromatic N) is 2. The van der Waals surface area contributed by atoms with E-state index in [1.54, 1.807) is 5.51 Å². The fraction of sp³-hybridized carbons (Fsp3) is 0.714. The summed E-state index contributed by atoms with van der Waals surface area (Å²) in [6.07, 6.45) is 2.72. The van der Waals surface area contributed by atoms with E-state index in [1.165, 1.54) is 11.3 Å². The Morgan fingerprint density at radius 2 is 2.37 bits per heavy atom. The first-order valence-electron chi connectivity index (χ1n) is 6.83. The van der Waals surface area contributed by atoms with Crippen LogP contribution in [0.25, 0.3) is 0 Å². The number of hydrogen-bond acceptors (Lipinski definition) is 4. The number of aromatic nitrogens is 1. The number of carbonyl (C=O) groups is 1. The van der Waals surface area contributed by atoms with Crippen molar-refractivity contribution < 1.29 is 9.90 Å². The minimum Gasteiger partial charge on any atom is -0.394 e. The zero-order chi connectivity index (χ0) is 14.0. The molecule has 0 saturated carbocycles. The predicted molar refractivity (Wildman–Crippen MR) is 76.4 cm³/mol. The molecule has 1 saturated heterocycles. The average Bonchev–Trinajstić information content (AvgIpc) is 2.95. The molecule has 2 rings (SSSR count). The molecule has 4 nitrogen and oxygen atoms in total. The van der Waals surface area contributed by atoms with Crippen molar-refractivity contribution in [2.24, 2.45) is 5.92 Å². The number of rotatable bonds is 4. The summed E-state index contributed by atoms with van der Waals surface area (Å²) < 4.78 is 0. The summed E-state index contributed by atoms with van der Waals surface area (Å²) in [5.41, 5.74) is 2.13. The van der Waals surface area contributed by atoms with Crippen molar-refractivity contribution >= 4 is 17.2 Å². The van der Waals surface area contributed by atoms with E-state index in [2.05, 4.69) is 18.8 Å². The number of aryl methyl sites for hydroxylation is 1. The molecule has 1 aliphatic rings.